The molecule has 0 aromatic carbocycles. The third-order valence-corrected chi connectivity index (χ3v) is 3.35. The molecule has 2 rings (SSSR count). The number of likely N-dealkylation sites (tertiary alicyclic amines) is 1. The van der Waals surface area contributed by atoms with Crippen molar-refractivity contribution >= 4 is 11.7 Å². The van der Waals surface area contributed by atoms with Crippen LogP contribution in [0.25, 0.3) is 0 Å². The number of amides is 1. The summed E-state index contributed by atoms with van der Waals surface area (Å²) in [6.45, 7) is 6.77. The standard InChI is InChI=1S/C14H22N4O/c1-3-6-16-13-9-15-8-12(17-13)14(19)18-7-4-5-11(2)10-18/h8-9,11H,3-7,10H2,1-2H3,(H,16,17). The predicted molar refractivity (Wildman–Crippen MR) is 75.1 cm³/mol. The molecule has 1 aliphatic rings. The van der Waals surface area contributed by atoms with E-state index >= 15 is 0 Å². The minimum absolute atomic E-state index is 0.000742. The van der Waals surface area contributed by atoms with Crippen molar-refractivity contribution in [2.24, 2.45) is 5.92 Å². The van der Waals surface area contributed by atoms with E-state index in [1.165, 1.54) is 6.42 Å². The van der Waals surface area contributed by atoms with E-state index in [0.717, 1.165) is 32.5 Å². The summed E-state index contributed by atoms with van der Waals surface area (Å²) in [4.78, 5) is 22.7. The van der Waals surface area contributed by atoms with Crippen molar-refractivity contribution in [3.63, 3.8) is 0 Å². The molecule has 0 aliphatic carbocycles. The molecule has 1 amide bonds. The quantitative estimate of drug-likeness (QED) is 0.903. The van der Waals surface area contributed by atoms with Gasteiger partial charge in [-0.15, -0.1) is 0 Å². The molecule has 1 N–H and O–H groups in total. The minimum atomic E-state index is -0.000742. The second-order valence-corrected chi connectivity index (χ2v) is 5.21. The Kier molecular flexibility index (Phi) is 4.71. The highest BCUT2D eigenvalue weighted by atomic mass is 16.2. The molecule has 0 radical (unpaired) electrons. The zero-order valence-corrected chi connectivity index (χ0v) is 11.7. The van der Waals surface area contributed by atoms with Crippen LogP contribution in [0.3, 0.4) is 0 Å². The lowest BCUT2D eigenvalue weighted by Crippen LogP contribution is -2.39. The lowest BCUT2D eigenvalue weighted by molar-refractivity contribution is 0.0676. The number of piperidine rings is 1. The van der Waals surface area contributed by atoms with Crippen LogP contribution in [-0.4, -0.2) is 40.4 Å². The molecule has 1 aromatic heterocycles. The molecule has 104 valence electrons. The van der Waals surface area contributed by atoms with Crippen LogP contribution in [0.5, 0.6) is 0 Å². The van der Waals surface area contributed by atoms with Crippen LogP contribution in [0, 0.1) is 5.92 Å². The monoisotopic (exact) mass is 262 g/mol. The molecule has 1 fully saturated rings. The first-order chi connectivity index (χ1) is 9.20. The molecule has 0 bridgehead atoms. The first-order valence-electron chi connectivity index (χ1n) is 7.06. The summed E-state index contributed by atoms with van der Waals surface area (Å²) in [5.41, 5.74) is 0.440. The molecule has 1 atom stereocenters. The van der Waals surface area contributed by atoms with Gasteiger partial charge in [0.2, 0.25) is 0 Å². The molecule has 5 heteroatoms. The van der Waals surface area contributed by atoms with Crippen LogP contribution in [0.1, 0.15) is 43.6 Å². The summed E-state index contributed by atoms with van der Waals surface area (Å²) >= 11 is 0. The fourth-order valence-corrected chi connectivity index (χ4v) is 2.34. The number of anilines is 1. The lowest BCUT2D eigenvalue weighted by atomic mass is 10.0. The zero-order valence-electron chi connectivity index (χ0n) is 11.7. The van der Waals surface area contributed by atoms with E-state index < -0.39 is 0 Å². The SMILES string of the molecule is CCCNc1cncc(C(=O)N2CCCC(C)C2)n1. The van der Waals surface area contributed by atoms with Crippen molar-refractivity contribution in [1.29, 1.82) is 0 Å². The van der Waals surface area contributed by atoms with Crippen molar-refractivity contribution < 1.29 is 4.79 Å². The third-order valence-electron chi connectivity index (χ3n) is 3.35. The van der Waals surface area contributed by atoms with Gasteiger partial charge in [0.25, 0.3) is 5.91 Å². The topological polar surface area (TPSA) is 58.1 Å². The second kappa shape index (κ2) is 6.50. The summed E-state index contributed by atoms with van der Waals surface area (Å²) in [5, 5.41) is 3.16. The van der Waals surface area contributed by atoms with Gasteiger partial charge in [0.05, 0.1) is 12.4 Å². The lowest BCUT2D eigenvalue weighted by Gasteiger charge is -2.30. The first-order valence-corrected chi connectivity index (χ1v) is 7.06. The highest BCUT2D eigenvalue weighted by Gasteiger charge is 2.23. The number of carbonyl (C=O) groups is 1. The molecule has 1 aliphatic heterocycles. The average Bonchev–Trinajstić information content (AvgIpc) is 2.44. The van der Waals surface area contributed by atoms with Gasteiger partial charge >= 0.3 is 0 Å². The fraction of sp³-hybridized carbons (Fsp3) is 0.643. The first kappa shape index (κ1) is 13.8. The van der Waals surface area contributed by atoms with Gasteiger partial charge in [-0.05, 0) is 25.2 Å². The molecule has 2 heterocycles. The van der Waals surface area contributed by atoms with Crippen LogP contribution in [0.4, 0.5) is 5.82 Å². The highest BCUT2D eigenvalue weighted by molar-refractivity contribution is 5.92. The van der Waals surface area contributed by atoms with Crippen molar-refractivity contribution in [2.75, 3.05) is 25.0 Å². The van der Waals surface area contributed by atoms with E-state index in [9.17, 15) is 4.79 Å². The largest absolute Gasteiger partial charge is 0.369 e. The Hall–Kier alpha value is -1.65. The Labute approximate surface area is 114 Å². The second-order valence-electron chi connectivity index (χ2n) is 5.21. The molecule has 5 nitrogen and oxygen atoms in total. The highest BCUT2D eigenvalue weighted by Crippen LogP contribution is 2.17. The minimum Gasteiger partial charge on any atom is -0.369 e. The molecule has 1 saturated heterocycles. The van der Waals surface area contributed by atoms with E-state index in [1.54, 1.807) is 12.4 Å². The summed E-state index contributed by atoms with van der Waals surface area (Å²) in [5.74, 6) is 1.25. The summed E-state index contributed by atoms with van der Waals surface area (Å²) in [6.07, 6.45) is 6.51. The van der Waals surface area contributed by atoms with Crippen molar-refractivity contribution in [3.05, 3.63) is 18.1 Å². The molecule has 1 aromatic rings. The average molecular weight is 262 g/mol. The number of nitrogens with one attached hydrogen (secondary N) is 1. The van der Waals surface area contributed by atoms with Gasteiger partial charge < -0.3 is 10.2 Å². The predicted octanol–water partition coefficient (Wildman–Crippen LogP) is 2.17. The normalized spacial score (nSPS) is 19.3. The number of hydrogen-bond donors (Lipinski definition) is 1. The molecule has 0 spiro atoms. The van der Waals surface area contributed by atoms with Gasteiger partial charge in [0.1, 0.15) is 11.5 Å². The van der Waals surface area contributed by atoms with Gasteiger partial charge in [0.15, 0.2) is 0 Å². The fourth-order valence-electron chi connectivity index (χ4n) is 2.34. The summed E-state index contributed by atoms with van der Waals surface area (Å²) in [6, 6.07) is 0. The summed E-state index contributed by atoms with van der Waals surface area (Å²) in [7, 11) is 0. The van der Waals surface area contributed by atoms with Crippen LogP contribution in [-0.2, 0) is 0 Å². The Morgan fingerprint density at radius 1 is 1.53 bits per heavy atom. The maximum Gasteiger partial charge on any atom is 0.274 e. The third kappa shape index (κ3) is 3.66. The van der Waals surface area contributed by atoms with Crippen molar-refractivity contribution in [3.8, 4) is 0 Å². The van der Waals surface area contributed by atoms with E-state index in [0.29, 0.717) is 17.4 Å². The van der Waals surface area contributed by atoms with Gasteiger partial charge in [-0.2, -0.15) is 0 Å². The number of hydrogen-bond acceptors (Lipinski definition) is 4. The molecule has 0 saturated carbocycles. The van der Waals surface area contributed by atoms with E-state index in [2.05, 4.69) is 29.1 Å². The molecule has 19 heavy (non-hydrogen) atoms. The van der Waals surface area contributed by atoms with E-state index in [4.69, 9.17) is 0 Å². The number of carbonyl (C=O) groups excluding carboxylic acids is 1. The van der Waals surface area contributed by atoms with Crippen LogP contribution in [0.2, 0.25) is 0 Å². The van der Waals surface area contributed by atoms with Crippen LogP contribution >= 0.6 is 0 Å². The van der Waals surface area contributed by atoms with Gasteiger partial charge in [0, 0.05) is 19.6 Å². The van der Waals surface area contributed by atoms with Gasteiger partial charge in [-0.1, -0.05) is 13.8 Å². The van der Waals surface area contributed by atoms with Crippen molar-refractivity contribution in [1.82, 2.24) is 14.9 Å². The number of aromatic nitrogens is 2. The Bertz CT molecular complexity index is 435. The van der Waals surface area contributed by atoms with Crippen LogP contribution < -0.4 is 5.32 Å². The number of rotatable bonds is 4. The maximum atomic E-state index is 12.4. The smallest absolute Gasteiger partial charge is 0.274 e. The van der Waals surface area contributed by atoms with Crippen LogP contribution in [0.15, 0.2) is 12.4 Å². The Morgan fingerprint density at radius 2 is 2.37 bits per heavy atom. The van der Waals surface area contributed by atoms with Gasteiger partial charge in [-0.3, -0.25) is 9.78 Å². The Morgan fingerprint density at radius 3 is 3.11 bits per heavy atom. The zero-order chi connectivity index (χ0) is 13.7. The van der Waals surface area contributed by atoms with E-state index in [1.807, 2.05) is 4.90 Å². The van der Waals surface area contributed by atoms with E-state index in [-0.39, 0.29) is 5.91 Å². The maximum absolute atomic E-state index is 12.4. The Balaban J connectivity index is 2.05. The molecular formula is C14H22N4O. The summed E-state index contributed by atoms with van der Waals surface area (Å²) < 4.78 is 0. The van der Waals surface area contributed by atoms with Gasteiger partial charge in [-0.25, -0.2) is 4.98 Å². The molecule has 1 unspecified atom stereocenters. The van der Waals surface area contributed by atoms with Crippen molar-refractivity contribution in [2.45, 2.75) is 33.1 Å². The number of nitrogens with zero attached hydrogens (tertiary/aromatic N) is 3. The molecular weight excluding hydrogens is 240 g/mol.